The molecule has 0 aromatic heterocycles. The van der Waals surface area contributed by atoms with Crippen molar-refractivity contribution < 1.29 is 9.47 Å². The molecule has 2 atom stereocenters. The Kier molecular flexibility index (Phi) is 4.22. The third-order valence-electron chi connectivity index (χ3n) is 4.36. The van der Waals surface area contributed by atoms with Crippen LogP contribution in [0, 0.1) is 0 Å². The summed E-state index contributed by atoms with van der Waals surface area (Å²) >= 11 is 0. The Labute approximate surface area is 98.7 Å². The second-order valence-corrected chi connectivity index (χ2v) is 5.29. The van der Waals surface area contributed by atoms with Gasteiger partial charge in [0.2, 0.25) is 0 Å². The van der Waals surface area contributed by atoms with Crippen LogP contribution in [0.15, 0.2) is 0 Å². The average molecular weight is 227 g/mol. The molecule has 16 heavy (non-hydrogen) atoms. The molecule has 1 saturated carbocycles. The lowest BCUT2D eigenvalue weighted by Gasteiger charge is -2.34. The highest BCUT2D eigenvalue weighted by atomic mass is 16.5. The van der Waals surface area contributed by atoms with Crippen molar-refractivity contribution in [2.24, 2.45) is 5.73 Å². The monoisotopic (exact) mass is 227 g/mol. The molecule has 94 valence electrons. The van der Waals surface area contributed by atoms with Crippen molar-refractivity contribution in [1.29, 1.82) is 0 Å². The minimum absolute atomic E-state index is 0.0292. The third kappa shape index (κ3) is 2.58. The quantitative estimate of drug-likeness (QED) is 0.783. The molecule has 0 spiro atoms. The summed E-state index contributed by atoms with van der Waals surface area (Å²) in [5.74, 6) is 0. The summed E-state index contributed by atoms with van der Waals surface area (Å²) in [4.78, 5) is 0. The summed E-state index contributed by atoms with van der Waals surface area (Å²) in [7, 11) is 1.82. The van der Waals surface area contributed by atoms with E-state index in [9.17, 15) is 0 Å². The van der Waals surface area contributed by atoms with Gasteiger partial charge in [0, 0.05) is 19.8 Å². The molecule has 0 radical (unpaired) electrons. The topological polar surface area (TPSA) is 44.5 Å². The van der Waals surface area contributed by atoms with E-state index in [1.807, 2.05) is 7.11 Å². The van der Waals surface area contributed by atoms with Gasteiger partial charge in [-0.3, -0.25) is 0 Å². The van der Waals surface area contributed by atoms with Gasteiger partial charge in [-0.15, -0.1) is 0 Å². The lowest BCUT2D eigenvalue weighted by Crippen LogP contribution is -2.47. The first-order valence-electron chi connectivity index (χ1n) is 6.69. The summed E-state index contributed by atoms with van der Waals surface area (Å²) in [6, 6.07) is 0.184. The Morgan fingerprint density at radius 2 is 2.12 bits per heavy atom. The molecule has 0 amide bonds. The Morgan fingerprint density at radius 1 is 1.38 bits per heavy atom. The van der Waals surface area contributed by atoms with Crippen LogP contribution in [0.25, 0.3) is 0 Å². The molecule has 2 unspecified atom stereocenters. The highest BCUT2D eigenvalue weighted by Gasteiger charge is 2.39. The van der Waals surface area contributed by atoms with E-state index in [1.54, 1.807) is 0 Å². The van der Waals surface area contributed by atoms with Crippen molar-refractivity contribution in [3.8, 4) is 0 Å². The molecule has 1 aliphatic carbocycles. The first-order valence-corrected chi connectivity index (χ1v) is 6.69. The van der Waals surface area contributed by atoms with Crippen molar-refractivity contribution in [3.05, 3.63) is 0 Å². The Balaban J connectivity index is 1.78. The zero-order valence-corrected chi connectivity index (χ0v) is 10.4. The largest absolute Gasteiger partial charge is 0.378 e. The number of nitrogens with two attached hydrogens (primary N) is 1. The van der Waals surface area contributed by atoms with Crippen LogP contribution in [0.1, 0.15) is 51.4 Å². The first-order chi connectivity index (χ1) is 7.77. The zero-order chi connectivity index (χ0) is 11.4. The van der Waals surface area contributed by atoms with Crippen molar-refractivity contribution >= 4 is 0 Å². The van der Waals surface area contributed by atoms with E-state index >= 15 is 0 Å². The highest BCUT2D eigenvalue weighted by molar-refractivity contribution is 4.95. The molecule has 2 rings (SSSR count). The van der Waals surface area contributed by atoms with Crippen molar-refractivity contribution in [2.45, 2.75) is 69.1 Å². The minimum atomic E-state index is -0.0292. The van der Waals surface area contributed by atoms with Gasteiger partial charge in [0.05, 0.1) is 11.7 Å². The molecule has 0 aromatic carbocycles. The Bertz CT molecular complexity index is 208. The third-order valence-corrected chi connectivity index (χ3v) is 4.36. The zero-order valence-electron chi connectivity index (χ0n) is 10.4. The van der Waals surface area contributed by atoms with E-state index in [0.29, 0.717) is 6.10 Å². The fraction of sp³-hybridized carbons (Fsp3) is 1.00. The Morgan fingerprint density at radius 3 is 2.69 bits per heavy atom. The molecule has 3 nitrogen and oxygen atoms in total. The van der Waals surface area contributed by atoms with Crippen LogP contribution in [0.2, 0.25) is 0 Å². The standard InChI is InChI=1S/C13H25NO2/c1-15-13(8-2-3-9-13)12(14)7-6-11-5-4-10-16-11/h11-12H,2-10,14H2,1H3. The van der Waals surface area contributed by atoms with Gasteiger partial charge in [-0.2, -0.15) is 0 Å². The molecule has 1 aliphatic heterocycles. The molecule has 2 aliphatic rings. The molecule has 1 saturated heterocycles. The van der Waals surface area contributed by atoms with Gasteiger partial charge in [-0.05, 0) is 38.5 Å². The lowest BCUT2D eigenvalue weighted by molar-refractivity contribution is -0.0308. The maximum absolute atomic E-state index is 6.32. The van der Waals surface area contributed by atoms with Crippen molar-refractivity contribution in [1.82, 2.24) is 0 Å². The van der Waals surface area contributed by atoms with E-state index in [4.69, 9.17) is 15.2 Å². The van der Waals surface area contributed by atoms with Gasteiger partial charge >= 0.3 is 0 Å². The number of ether oxygens (including phenoxy) is 2. The summed E-state index contributed by atoms with van der Waals surface area (Å²) in [5.41, 5.74) is 6.29. The fourth-order valence-corrected chi connectivity index (χ4v) is 3.20. The molecule has 1 heterocycles. The first kappa shape index (κ1) is 12.3. The molecule has 0 aromatic rings. The van der Waals surface area contributed by atoms with Crippen LogP contribution in [-0.4, -0.2) is 31.5 Å². The second kappa shape index (κ2) is 5.48. The maximum atomic E-state index is 6.32. The molecule has 2 fully saturated rings. The van der Waals surface area contributed by atoms with E-state index in [0.717, 1.165) is 32.3 Å². The SMILES string of the molecule is COC1(C(N)CCC2CCCO2)CCCC1. The number of hydrogen-bond acceptors (Lipinski definition) is 3. The van der Waals surface area contributed by atoms with Crippen LogP contribution >= 0.6 is 0 Å². The van der Waals surface area contributed by atoms with E-state index in [2.05, 4.69) is 0 Å². The van der Waals surface area contributed by atoms with Crippen LogP contribution in [0.4, 0.5) is 0 Å². The van der Waals surface area contributed by atoms with Gasteiger partial charge < -0.3 is 15.2 Å². The van der Waals surface area contributed by atoms with Crippen LogP contribution in [0.3, 0.4) is 0 Å². The van der Waals surface area contributed by atoms with Gasteiger partial charge in [-0.25, -0.2) is 0 Å². The number of methoxy groups -OCH3 is 1. The summed E-state index contributed by atoms with van der Waals surface area (Å²) in [5, 5.41) is 0. The van der Waals surface area contributed by atoms with Crippen molar-refractivity contribution in [3.63, 3.8) is 0 Å². The normalized spacial score (nSPS) is 30.8. The molecule has 2 N–H and O–H groups in total. The van der Waals surface area contributed by atoms with Crippen LogP contribution < -0.4 is 5.73 Å². The second-order valence-electron chi connectivity index (χ2n) is 5.29. The van der Waals surface area contributed by atoms with Crippen LogP contribution in [-0.2, 0) is 9.47 Å². The summed E-state index contributed by atoms with van der Waals surface area (Å²) in [6.07, 6.45) is 9.84. The fourth-order valence-electron chi connectivity index (χ4n) is 3.20. The predicted molar refractivity (Wildman–Crippen MR) is 64.4 cm³/mol. The molecular formula is C13H25NO2. The smallest absolute Gasteiger partial charge is 0.0828 e. The van der Waals surface area contributed by atoms with Gasteiger partial charge in [0.25, 0.3) is 0 Å². The molecule has 3 heteroatoms. The van der Waals surface area contributed by atoms with Gasteiger partial charge in [0.15, 0.2) is 0 Å². The summed E-state index contributed by atoms with van der Waals surface area (Å²) in [6.45, 7) is 0.940. The minimum Gasteiger partial charge on any atom is -0.378 e. The maximum Gasteiger partial charge on any atom is 0.0828 e. The lowest BCUT2D eigenvalue weighted by atomic mass is 9.88. The van der Waals surface area contributed by atoms with E-state index in [1.165, 1.54) is 25.7 Å². The molecular weight excluding hydrogens is 202 g/mol. The van der Waals surface area contributed by atoms with E-state index < -0.39 is 0 Å². The summed E-state index contributed by atoms with van der Waals surface area (Å²) < 4.78 is 11.3. The number of hydrogen-bond donors (Lipinski definition) is 1. The average Bonchev–Trinajstić information content (AvgIpc) is 2.97. The number of rotatable bonds is 5. The Hall–Kier alpha value is -0.120. The van der Waals surface area contributed by atoms with Crippen LogP contribution in [0.5, 0.6) is 0 Å². The van der Waals surface area contributed by atoms with Gasteiger partial charge in [0.1, 0.15) is 0 Å². The van der Waals surface area contributed by atoms with Gasteiger partial charge in [-0.1, -0.05) is 12.8 Å². The predicted octanol–water partition coefficient (Wildman–Crippen LogP) is 2.23. The molecule has 0 bridgehead atoms. The van der Waals surface area contributed by atoms with E-state index in [-0.39, 0.29) is 11.6 Å². The van der Waals surface area contributed by atoms with Crippen molar-refractivity contribution in [2.75, 3.05) is 13.7 Å². The highest BCUT2D eigenvalue weighted by Crippen LogP contribution is 2.36.